The Bertz CT molecular complexity index is 598. The Balaban J connectivity index is 2.18. The lowest BCUT2D eigenvalue weighted by Crippen LogP contribution is -2.09. The second-order valence-electron chi connectivity index (χ2n) is 4.69. The van der Waals surface area contributed by atoms with Crippen molar-refractivity contribution in [1.82, 2.24) is 9.97 Å². The lowest BCUT2D eigenvalue weighted by Gasteiger charge is -2.12. The van der Waals surface area contributed by atoms with Gasteiger partial charge in [0.05, 0.1) is 0 Å². The molecule has 0 aliphatic heterocycles. The molecule has 0 saturated heterocycles. The molecule has 1 heterocycles. The molecule has 2 aromatic rings. The van der Waals surface area contributed by atoms with Gasteiger partial charge < -0.3 is 11.1 Å². The fourth-order valence-electron chi connectivity index (χ4n) is 1.91. The van der Waals surface area contributed by atoms with Crippen LogP contribution in [0.1, 0.15) is 30.3 Å². The van der Waals surface area contributed by atoms with Gasteiger partial charge in [0.25, 0.3) is 0 Å². The third-order valence-electron chi connectivity index (χ3n) is 3.11. The van der Waals surface area contributed by atoms with Gasteiger partial charge in [-0.25, -0.2) is 9.97 Å². The first-order chi connectivity index (χ1) is 9.61. The molecule has 5 heteroatoms. The number of hydrogen-bond acceptors (Lipinski definition) is 4. The average molecular weight is 291 g/mol. The molecule has 3 N–H and O–H groups in total. The fraction of sp³-hybridized carbons (Fsp3) is 0.333. The zero-order valence-corrected chi connectivity index (χ0v) is 12.5. The molecule has 0 spiro atoms. The number of nitrogens with zero attached hydrogens (tertiary/aromatic N) is 2. The van der Waals surface area contributed by atoms with Crippen LogP contribution in [-0.4, -0.2) is 9.97 Å². The van der Waals surface area contributed by atoms with E-state index in [1.807, 2.05) is 31.2 Å². The second-order valence-corrected chi connectivity index (χ2v) is 5.10. The summed E-state index contributed by atoms with van der Waals surface area (Å²) in [7, 11) is 0. The lowest BCUT2D eigenvalue weighted by atomic mass is 10.2. The molecule has 0 unspecified atom stereocenters. The molecule has 0 radical (unpaired) electrons. The van der Waals surface area contributed by atoms with Crippen LogP contribution in [0.5, 0.6) is 0 Å². The fourth-order valence-corrected chi connectivity index (χ4v) is 2.11. The first-order valence-electron chi connectivity index (χ1n) is 6.72. The van der Waals surface area contributed by atoms with Crippen molar-refractivity contribution in [1.29, 1.82) is 0 Å². The largest absolute Gasteiger partial charge is 0.383 e. The number of hydrogen-bond donors (Lipinski definition) is 2. The molecule has 0 saturated carbocycles. The van der Waals surface area contributed by atoms with Gasteiger partial charge in [0.2, 0.25) is 0 Å². The van der Waals surface area contributed by atoms with Crippen LogP contribution in [0.4, 0.5) is 11.6 Å². The highest BCUT2D eigenvalue weighted by atomic mass is 35.5. The molecule has 0 amide bonds. The summed E-state index contributed by atoms with van der Waals surface area (Å²) < 4.78 is 0. The van der Waals surface area contributed by atoms with Crippen LogP contribution in [0, 0.1) is 6.92 Å². The van der Waals surface area contributed by atoms with Crippen molar-refractivity contribution < 1.29 is 0 Å². The number of anilines is 2. The molecule has 1 aromatic heterocycles. The highest BCUT2D eigenvalue weighted by molar-refractivity contribution is 6.31. The molecule has 2 rings (SSSR count). The number of halogens is 1. The van der Waals surface area contributed by atoms with Gasteiger partial charge in [-0.15, -0.1) is 0 Å². The molecule has 0 atom stereocenters. The second kappa shape index (κ2) is 6.57. The normalized spacial score (nSPS) is 10.6. The average Bonchev–Trinajstić information content (AvgIpc) is 2.43. The molecule has 0 aliphatic carbocycles. The predicted molar refractivity (Wildman–Crippen MR) is 84.0 cm³/mol. The zero-order chi connectivity index (χ0) is 14.5. The van der Waals surface area contributed by atoms with E-state index >= 15 is 0 Å². The van der Waals surface area contributed by atoms with Crippen molar-refractivity contribution >= 4 is 23.2 Å². The summed E-state index contributed by atoms with van der Waals surface area (Å²) in [5.74, 6) is 2.09. The van der Waals surface area contributed by atoms with E-state index in [9.17, 15) is 0 Å². The van der Waals surface area contributed by atoms with E-state index in [1.165, 1.54) is 0 Å². The van der Waals surface area contributed by atoms with E-state index in [0.717, 1.165) is 40.6 Å². The van der Waals surface area contributed by atoms with E-state index in [4.69, 9.17) is 17.3 Å². The van der Waals surface area contributed by atoms with E-state index in [-0.39, 0.29) is 0 Å². The minimum absolute atomic E-state index is 0.533. The summed E-state index contributed by atoms with van der Waals surface area (Å²) in [4.78, 5) is 8.82. The molecule has 106 valence electrons. The van der Waals surface area contributed by atoms with E-state index in [0.29, 0.717) is 12.4 Å². The molecule has 20 heavy (non-hydrogen) atoms. The number of rotatable bonds is 5. The molecule has 1 aromatic carbocycles. The molecule has 4 nitrogen and oxygen atoms in total. The number of aromatic nitrogens is 2. The van der Waals surface area contributed by atoms with Crippen LogP contribution >= 0.6 is 11.6 Å². The highest BCUT2D eigenvalue weighted by Crippen LogP contribution is 2.20. The number of nitrogens with one attached hydrogen (secondary N) is 1. The van der Waals surface area contributed by atoms with Crippen molar-refractivity contribution in [3.63, 3.8) is 0 Å². The Morgan fingerprint density at radius 1 is 1.25 bits per heavy atom. The SMILES string of the molecule is CCCc1nc(N)c(C)c(NCc2ccccc2Cl)n1. The van der Waals surface area contributed by atoms with Crippen LogP contribution in [0.25, 0.3) is 0 Å². The third kappa shape index (κ3) is 3.39. The van der Waals surface area contributed by atoms with Crippen LogP contribution in [0.2, 0.25) is 5.02 Å². The summed E-state index contributed by atoms with van der Waals surface area (Å²) in [6.07, 6.45) is 1.82. The zero-order valence-electron chi connectivity index (χ0n) is 11.8. The van der Waals surface area contributed by atoms with Crippen molar-refractivity contribution in [2.75, 3.05) is 11.1 Å². The van der Waals surface area contributed by atoms with Gasteiger partial charge in [-0.2, -0.15) is 0 Å². The minimum Gasteiger partial charge on any atom is -0.383 e. The Morgan fingerprint density at radius 2 is 2.00 bits per heavy atom. The summed E-state index contributed by atoms with van der Waals surface area (Å²) in [5.41, 5.74) is 7.84. The molecule has 0 bridgehead atoms. The Kier molecular flexibility index (Phi) is 4.79. The Morgan fingerprint density at radius 3 is 2.70 bits per heavy atom. The number of nitrogens with two attached hydrogens (primary N) is 1. The van der Waals surface area contributed by atoms with Crippen molar-refractivity contribution in [3.8, 4) is 0 Å². The Hall–Kier alpha value is -1.81. The van der Waals surface area contributed by atoms with Crippen LogP contribution < -0.4 is 11.1 Å². The molecule has 0 aliphatic rings. The quantitative estimate of drug-likeness (QED) is 0.883. The van der Waals surface area contributed by atoms with Gasteiger partial charge in [-0.05, 0) is 25.0 Å². The standard InChI is InChI=1S/C15H19ClN4/c1-3-6-13-19-14(17)10(2)15(20-13)18-9-11-7-4-5-8-12(11)16/h4-5,7-8H,3,6,9H2,1-2H3,(H3,17,18,19,20). The molecular formula is C15H19ClN4. The van der Waals surface area contributed by atoms with Crippen molar-refractivity contribution in [2.45, 2.75) is 33.2 Å². The summed E-state index contributed by atoms with van der Waals surface area (Å²) in [6, 6.07) is 7.75. The maximum Gasteiger partial charge on any atom is 0.135 e. The molecule has 0 fully saturated rings. The number of benzene rings is 1. The highest BCUT2D eigenvalue weighted by Gasteiger charge is 2.08. The van der Waals surface area contributed by atoms with Crippen LogP contribution in [0.15, 0.2) is 24.3 Å². The third-order valence-corrected chi connectivity index (χ3v) is 3.48. The van der Waals surface area contributed by atoms with Crippen molar-refractivity contribution in [3.05, 3.63) is 46.2 Å². The van der Waals surface area contributed by atoms with Gasteiger partial charge >= 0.3 is 0 Å². The van der Waals surface area contributed by atoms with Crippen LogP contribution in [-0.2, 0) is 13.0 Å². The van der Waals surface area contributed by atoms with E-state index in [1.54, 1.807) is 0 Å². The smallest absolute Gasteiger partial charge is 0.135 e. The van der Waals surface area contributed by atoms with Crippen LogP contribution in [0.3, 0.4) is 0 Å². The number of nitrogen functional groups attached to an aromatic ring is 1. The first-order valence-corrected chi connectivity index (χ1v) is 7.10. The van der Waals surface area contributed by atoms with Gasteiger partial charge in [-0.1, -0.05) is 36.7 Å². The monoisotopic (exact) mass is 290 g/mol. The minimum atomic E-state index is 0.533. The maximum atomic E-state index is 6.15. The topological polar surface area (TPSA) is 63.8 Å². The predicted octanol–water partition coefficient (Wildman–Crippen LogP) is 3.59. The van der Waals surface area contributed by atoms with Gasteiger partial charge in [0, 0.05) is 23.6 Å². The van der Waals surface area contributed by atoms with Crippen molar-refractivity contribution in [2.24, 2.45) is 0 Å². The lowest BCUT2D eigenvalue weighted by molar-refractivity contribution is 0.833. The first kappa shape index (κ1) is 14.6. The summed E-state index contributed by atoms with van der Waals surface area (Å²) >= 11 is 6.15. The van der Waals surface area contributed by atoms with Gasteiger partial charge in [0.1, 0.15) is 17.5 Å². The summed E-state index contributed by atoms with van der Waals surface area (Å²) in [6.45, 7) is 4.62. The van der Waals surface area contributed by atoms with Gasteiger partial charge in [0.15, 0.2) is 0 Å². The van der Waals surface area contributed by atoms with Gasteiger partial charge in [-0.3, -0.25) is 0 Å². The van der Waals surface area contributed by atoms with E-state index in [2.05, 4.69) is 22.2 Å². The summed E-state index contributed by atoms with van der Waals surface area (Å²) in [5, 5.41) is 4.04. The maximum absolute atomic E-state index is 6.15. The number of aryl methyl sites for hydroxylation is 1. The molecular weight excluding hydrogens is 272 g/mol. The van der Waals surface area contributed by atoms with E-state index < -0.39 is 0 Å². The Labute approximate surface area is 124 Å².